The van der Waals surface area contributed by atoms with Gasteiger partial charge in [0.25, 0.3) is 0 Å². The van der Waals surface area contributed by atoms with E-state index in [4.69, 9.17) is 14.2 Å². The Hall–Kier alpha value is -3.40. The molecule has 0 saturated carbocycles. The lowest BCUT2D eigenvalue weighted by molar-refractivity contribution is 0.354. The van der Waals surface area contributed by atoms with Crippen molar-refractivity contribution in [3.05, 3.63) is 82.4 Å². The number of rotatable bonds is 4. The molecule has 0 aromatic heterocycles. The molecule has 1 N–H and O–H groups in total. The maximum Gasteiger partial charge on any atom is 0.161 e. The second-order valence-corrected chi connectivity index (χ2v) is 7.73. The zero-order chi connectivity index (χ0) is 20.8. The number of methoxy groups -OCH3 is 3. The zero-order valence-corrected chi connectivity index (χ0v) is 17.4. The van der Waals surface area contributed by atoms with E-state index in [1.165, 1.54) is 33.4 Å². The first kappa shape index (κ1) is 18.6. The zero-order valence-electron chi connectivity index (χ0n) is 17.4. The van der Waals surface area contributed by atoms with Crippen molar-refractivity contribution in [3.8, 4) is 23.0 Å². The number of phenolic OH excluding ortho intramolecular Hbond substituents is 1. The molecule has 152 valence electrons. The highest BCUT2D eigenvalue weighted by molar-refractivity contribution is 6.03. The lowest BCUT2D eigenvalue weighted by Gasteiger charge is -2.24. The summed E-state index contributed by atoms with van der Waals surface area (Å²) in [6, 6.07) is 18.1. The van der Waals surface area contributed by atoms with E-state index in [-0.39, 0.29) is 11.7 Å². The van der Waals surface area contributed by atoms with Crippen LogP contribution in [0.2, 0.25) is 0 Å². The lowest BCUT2D eigenvalue weighted by atomic mass is 9.79. The largest absolute Gasteiger partial charge is 0.508 e. The lowest BCUT2D eigenvalue weighted by Crippen LogP contribution is -2.07. The Morgan fingerprint density at radius 2 is 1.50 bits per heavy atom. The Balaban J connectivity index is 1.77. The van der Waals surface area contributed by atoms with E-state index >= 15 is 0 Å². The standard InChI is InChI=1S/C26H24O4/c1-28-18-9-11-19-16(12-18)6-10-20-21-13-23(29-2)24(30-3)14-22(21)25(26(19)20)15-4-7-17(27)8-5-15/h4-5,7-9,11-14,25,27H,6,10H2,1-3H3. The topological polar surface area (TPSA) is 47.9 Å². The fourth-order valence-corrected chi connectivity index (χ4v) is 4.90. The molecule has 4 heteroatoms. The molecular weight excluding hydrogens is 376 g/mol. The van der Waals surface area contributed by atoms with E-state index in [9.17, 15) is 5.11 Å². The monoisotopic (exact) mass is 400 g/mol. The Morgan fingerprint density at radius 1 is 0.767 bits per heavy atom. The van der Waals surface area contributed by atoms with E-state index in [0.717, 1.165) is 35.7 Å². The van der Waals surface area contributed by atoms with Crippen molar-refractivity contribution in [1.29, 1.82) is 0 Å². The second kappa shape index (κ2) is 7.13. The van der Waals surface area contributed by atoms with E-state index in [0.29, 0.717) is 0 Å². The molecule has 30 heavy (non-hydrogen) atoms. The number of fused-ring (bicyclic) bond motifs is 4. The molecule has 0 spiro atoms. The minimum atomic E-state index is 0.0721. The number of phenols is 1. The SMILES string of the molecule is COc1ccc2c(c1)CCC1=C2C(c2ccc(O)cc2)c2cc(OC)c(OC)cc21. The van der Waals surface area contributed by atoms with Crippen LogP contribution in [0.15, 0.2) is 54.6 Å². The van der Waals surface area contributed by atoms with Crippen molar-refractivity contribution in [2.45, 2.75) is 18.8 Å². The Kier molecular flexibility index (Phi) is 4.43. The van der Waals surface area contributed by atoms with Crippen molar-refractivity contribution < 1.29 is 19.3 Å². The number of hydrogen-bond acceptors (Lipinski definition) is 4. The van der Waals surface area contributed by atoms with Gasteiger partial charge in [-0.3, -0.25) is 0 Å². The van der Waals surface area contributed by atoms with E-state index < -0.39 is 0 Å². The minimum absolute atomic E-state index is 0.0721. The van der Waals surface area contributed by atoms with Gasteiger partial charge in [-0.1, -0.05) is 18.2 Å². The highest BCUT2D eigenvalue weighted by Crippen LogP contribution is 2.56. The molecule has 0 fully saturated rings. The van der Waals surface area contributed by atoms with E-state index in [2.05, 4.69) is 24.3 Å². The van der Waals surface area contributed by atoms with Gasteiger partial charge in [-0.25, -0.2) is 0 Å². The third-order valence-electron chi connectivity index (χ3n) is 6.28. The van der Waals surface area contributed by atoms with Crippen LogP contribution in [-0.4, -0.2) is 26.4 Å². The number of aryl methyl sites for hydroxylation is 1. The van der Waals surface area contributed by atoms with Gasteiger partial charge in [0, 0.05) is 5.92 Å². The third kappa shape index (κ3) is 2.75. The molecule has 4 nitrogen and oxygen atoms in total. The summed E-state index contributed by atoms with van der Waals surface area (Å²) < 4.78 is 16.7. The highest BCUT2D eigenvalue weighted by Gasteiger charge is 2.37. The molecule has 0 radical (unpaired) electrons. The summed E-state index contributed by atoms with van der Waals surface area (Å²) in [5.41, 5.74) is 8.86. The predicted octanol–water partition coefficient (Wildman–Crippen LogP) is 5.42. The van der Waals surface area contributed by atoms with Crippen molar-refractivity contribution in [3.63, 3.8) is 0 Å². The van der Waals surface area contributed by atoms with Crippen molar-refractivity contribution in [1.82, 2.24) is 0 Å². The first-order valence-electron chi connectivity index (χ1n) is 10.1. The van der Waals surface area contributed by atoms with Gasteiger partial charge in [0.05, 0.1) is 21.3 Å². The van der Waals surface area contributed by atoms with Crippen LogP contribution in [-0.2, 0) is 6.42 Å². The maximum atomic E-state index is 9.83. The minimum Gasteiger partial charge on any atom is -0.508 e. The van der Waals surface area contributed by atoms with Crippen LogP contribution < -0.4 is 14.2 Å². The van der Waals surface area contributed by atoms with Gasteiger partial charge in [0.1, 0.15) is 11.5 Å². The molecule has 3 aromatic carbocycles. The number of ether oxygens (including phenoxy) is 3. The van der Waals surface area contributed by atoms with E-state index in [1.807, 2.05) is 18.2 Å². The molecule has 3 aromatic rings. The van der Waals surface area contributed by atoms with E-state index in [1.54, 1.807) is 33.5 Å². The van der Waals surface area contributed by atoms with Gasteiger partial charge in [-0.05, 0) is 88.2 Å². The van der Waals surface area contributed by atoms with Crippen LogP contribution in [0.1, 0.15) is 40.2 Å². The van der Waals surface area contributed by atoms with Crippen LogP contribution in [0.3, 0.4) is 0 Å². The summed E-state index contributed by atoms with van der Waals surface area (Å²) in [6.07, 6.45) is 1.94. The molecule has 0 amide bonds. The normalized spacial score (nSPS) is 16.6. The molecule has 0 aliphatic heterocycles. The van der Waals surface area contributed by atoms with Crippen LogP contribution in [0, 0.1) is 0 Å². The first-order chi connectivity index (χ1) is 14.6. The first-order valence-corrected chi connectivity index (χ1v) is 10.1. The molecule has 0 heterocycles. The maximum absolute atomic E-state index is 9.83. The van der Waals surface area contributed by atoms with Crippen molar-refractivity contribution in [2.75, 3.05) is 21.3 Å². The molecular formula is C26H24O4. The van der Waals surface area contributed by atoms with Gasteiger partial charge >= 0.3 is 0 Å². The molecule has 0 bridgehead atoms. The fourth-order valence-electron chi connectivity index (χ4n) is 4.90. The van der Waals surface area contributed by atoms with Gasteiger partial charge < -0.3 is 19.3 Å². The summed E-state index contributed by atoms with van der Waals surface area (Å²) in [7, 11) is 5.05. The van der Waals surface area contributed by atoms with Crippen LogP contribution >= 0.6 is 0 Å². The highest BCUT2D eigenvalue weighted by atomic mass is 16.5. The molecule has 1 atom stereocenters. The smallest absolute Gasteiger partial charge is 0.161 e. The van der Waals surface area contributed by atoms with Crippen LogP contribution in [0.5, 0.6) is 23.0 Å². The molecule has 2 aliphatic carbocycles. The summed E-state index contributed by atoms with van der Waals surface area (Å²) in [4.78, 5) is 0. The summed E-state index contributed by atoms with van der Waals surface area (Å²) in [6.45, 7) is 0. The second-order valence-electron chi connectivity index (χ2n) is 7.73. The number of aromatic hydroxyl groups is 1. The average molecular weight is 400 g/mol. The van der Waals surface area contributed by atoms with Gasteiger partial charge in [0.15, 0.2) is 11.5 Å². The van der Waals surface area contributed by atoms with Gasteiger partial charge in [-0.2, -0.15) is 0 Å². The fraction of sp³-hybridized carbons (Fsp3) is 0.231. The van der Waals surface area contributed by atoms with Crippen LogP contribution in [0.4, 0.5) is 0 Å². The summed E-state index contributed by atoms with van der Waals surface area (Å²) >= 11 is 0. The predicted molar refractivity (Wildman–Crippen MR) is 118 cm³/mol. The van der Waals surface area contributed by atoms with Crippen molar-refractivity contribution in [2.24, 2.45) is 0 Å². The van der Waals surface area contributed by atoms with Crippen LogP contribution in [0.25, 0.3) is 11.1 Å². The summed E-state index contributed by atoms with van der Waals surface area (Å²) in [5, 5.41) is 9.83. The number of hydrogen-bond donors (Lipinski definition) is 1. The number of allylic oxidation sites excluding steroid dienone is 2. The molecule has 0 saturated heterocycles. The quantitative estimate of drug-likeness (QED) is 0.635. The van der Waals surface area contributed by atoms with Crippen molar-refractivity contribution >= 4 is 11.1 Å². The Bertz CT molecular complexity index is 1160. The van der Waals surface area contributed by atoms with Gasteiger partial charge in [0.2, 0.25) is 0 Å². The molecule has 5 rings (SSSR count). The Morgan fingerprint density at radius 3 is 2.20 bits per heavy atom. The number of benzene rings is 3. The summed E-state index contributed by atoms with van der Waals surface area (Å²) in [5.74, 6) is 2.71. The van der Waals surface area contributed by atoms with Gasteiger partial charge in [-0.15, -0.1) is 0 Å². The average Bonchev–Trinajstić information content (AvgIpc) is 3.11. The third-order valence-corrected chi connectivity index (χ3v) is 6.28. The molecule has 2 aliphatic rings. The molecule has 1 unspecified atom stereocenters. The Labute approximate surface area is 176 Å².